The van der Waals surface area contributed by atoms with Gasteiger partial charge in [0, 0.05) is 26.1 Å². The van der Waals surface area contributed by atoms with Gasteiger partial charge in [0.1, 0.15) is 0 Å². The molecule has 0 atom stereocenters. The maximum absolute atomic E-state index is 11.5. The molecule has 1 rings (SSSR count). The Balaban J connectivity index is 2.27. The lowest BCUT2D eigenvalue weighted by molar-refractivity contribution is -0.131. The fourth-order valence-corrected chi connectivity index (χ4v) is 1.68. The number of hydrogen-bond donors (Lipinski definition) is 1. The molecule has 0 radical (unpaired) electrons. The van der Waals surface area contributed by atoms with Crippen LogP contribution in [0.2, 0.25) is 0 Å². The number of amides is 1. The number of carbonyl (C=O) groups excluding carboxylic acids is 1. The summed E-state index contributed by atoms with van der Waals surface area (Å²) in [5.74, 6) is 0.985. The average molecular weight is 184 g/mol. The van der Waals surface area contributed by atoms with Gasteiger partial charge in [0.15, 0.2) is 0 Å². The topological polar surface area (TPSA) is 46.3 Å². The van der Waals surface area contributed by atoms with Crippen LogP contribution >= 0.6 is 0 Å². The zero-order valence-electron chi connectivity index (χ0n) is 8.46. The summed E-state index contributed by atoms with van der Waals surface area (Å²) in [7, 11) is 0. The Morgan fingerprint density at radius 2 is 2.23 bits per heavy atom. The number of nitrogens with zero attached hydrogens (tertiary/aromatic N) is 1. The third kappa shape index (κ3) is 2.99. The lowest BCUT2D eigenvalue weighted by atomic mass is 9.85. The molecule has 0 aliphatic heterocycles. The first kappa shape index (κ1) is 10.5. The summed E-state index contributed by atoms with van der Waals surface area (Å²) in [6.07, 6.45) is 4.44. The Hall–Kier alpha value is -0.570. The third-order valence-electron chi connectivity index (χ3n) is 2.80. The number of carbonyl (C=O) groups is 1. The minimum atomic E-state index is 0.219. The SMILES string of the molecule is CCN(CC1CCC1)C(=O)CCN. The quantitative estimate of drug-likeness (QED) is 0.692. The van der Waals surface area contributed by atoms with Crippen LogP contribution < -0.4 is 5.73 Å². The average Bonchev–Trinajstić information content (AvgIpc) is 2.03. The summed E-state index contributed by atoms with van der Waals surface area (Å²) < 4.78 is 0. The van der Waals surface area contributed by atoms with E-state index in [0.717, 1.165) is 19.0 Å². The molecule has 76 valence electrons. The van der Waals surface area contributed by atoms with Crippen LogP contribution in [0.4, 0.5) is 0 Å². The Morgan fingerprint density at radius 1 is 1.54 bits per heavy atom. The minimum Gasteiger partial charge on any atom is -0.343 e. The van der Waals surface area contributed by atoms with E-state index < -0.39 is 0 Å². The van der Waals surface area contributed by atoms with E-state index in [1.165, 1.54) is 19.3 Å². The highest BCUT2D eigenvalue weighted by Crippen LogP contribution is 2.27. The highest BCUT2D eigenvalue weighted by molar-refractivity contribution is 5.76. The van der Waals surface area contributed by atoms with Crippen LogP contribution in [0.5, 0.6) is 0 Å². The fraction of sp³-hybridized carbons (Fsp3) is 0.900. The van der Waals surface area contributed by atoms with Gasteiger partial charge in [0.25, 0.3) is 0 Å². The van der Waals surface area contributed by atoms with Crippen molar-refractivity contribution in [3.63, 3.8) is 0 Å². The second kappa shape index (κ2) is 5.22. The van der Waals surface area contributed by atoms with Crippen molar-refractivity contribution in [1.29, 1.82) is 0 Å². The molecule has 1 saturated carbocycles. The lowest BCUT2D eigenvalue weighted by Crippen LogP contribution is -2.38. The normalized spacial score (nSPS) is 16.8. The highest BCUT2D eigenvalue weighted by Gasteiger charge is 2.21. The van der Waals surface area contributed by atoms with Crippen LogP contribution in [-0.2, 0) is 4.79 Å². The molecule has 0 saturated heterocycles. The van der Waals surface area contributed by atoms with Crippen LogP contribution in [0.15, 0.2) is 0 Å². The van der Waals surface area contributed by atoms with Crippen molar-refractivity contribution in [2.24, 2.45) is 11.7 Å². The van der Waals surface area contributed by atoms with Crippen LogP contribution in [0.3, 0.4) is 0 Å². The fourth-order valence-electron chi connectivity index (χ4n) is 1.68. The first-order chi connectivity index (χ1) is 6.27. The Labute approximate surface area is 80.3 Å². The van der Waals surface area contributed by atoms with Crippen LogP contribution in [0.1, 0.15) is 32.6 Å². The molecule has 1 amide bonds. The van der Waals surface area contributed by atoms with Gasteiger partial charge in [-0.05, 0) is 25.7 Å². The first-order valence-electron chi connectivity index (χ1n) is 5.25. The molecule has 3 heteroatoms. The van der Waals surface area contributed by atoms with Crippen molar-refractivity contribution in [3.05, 3.63) is 0 Å². The summed E-state index contributed by atoms with van der Waals surface area (Å²) in [5, 5.41) is 0. The summed E-state index contributed by atoms with van der Waals surface area (Å²) >= 11 is 0. The van der Waals surface area contributed by atoms with E-state index in [1.54, 1.807) is 0 Å². The Kier molecular flexibility index (Phi) is 4.22. The van der Waals surface area contributed by atoms with Gasteiger partial charge >= 0.3 is 0 Å². The van der Waals surface area contributed by atoms with E-state index in [1.807, 2.05) is 11.8 Å². The van der Waals surface area contributed by atoms with Gasteiger partial charge in [-0.25, -0.2) is 0 Å². The molecular weight excluding hydrogens is 164 g/mol. The van der Waals surface area contributed by atoms with Crippen molar-refractivity contribution >= 4 is 5.91 Å². The predicted octanol–water partition coefficient (Wildman–Crippen LogP) is 0.984. The van der Waals surface area contributed by atoms with Gasteiger partial charge in [-0.2, -0.15) is 0 Å². The van der Waals surface area contributed by atoms with Crippen LogP contribution in [0.25, 0.3) is 0 Å². The van der Waals surface area contributed by atoms with Gasteiger partial charge in [0.05, 0.1) is 0 Å². The molecule has 3 nitrogen and oxygen atoms in total. The van der Waals surface area contributed by atoms with E-state index in [9.17, 15) is 4.79 Å². The van der Waals surface area contributed by atoms with E-state index in [4.69, 9.17) is 5.73 Å². The van der Waals surface area contributed by atoms with Crippen molar-refractivity contribution in [3.8, 4) is 0 Å². The highest BCUT2D eigenvalue weighted by atomic mass is 16.2. The summed E-state index contributed by atoms with van der Waals surface area (Å²) in [6.45, 7) is 4.29. The van der Waals surface area contributed by atoms with E-state index in [0.29, 0.717) is 13.0 Å². The van der Waals surface area contributed by atoms with Crippen molar-refractivity contribution in [2.45, 2.75) is 32.6 Å². The molecule has 0 aromatic rings. The smallest absolute Gasteiger partial charge is 0.223 e. The molecule has 1 aliphatic carbocycles. The molecule has 13 heavy (non-hydrogen) atoms. The predicted molar refractivity (Wildman–Crippen MR) is 53.3 cm³/mol. The maximum atomic E-state index is 11.5. The van der Waals surface area contributed by atoms with Crippen molar-refractivity contribution in [2.75, 3.05) is 19.6 Å². The molecular formula is C10H20N2O. The standard InChI is InChI=1S/C10H20N2O/c1-2-12(10(13)6-7-11)8-9-4-3-5-9/h9H,2-8,11H2,1H3. The molecule has 2 N–H and O–H groups in total. The van der Waals surface area contributed by atoms with E-state index >= 15 is 0 Å². The van der Waals surface area contributed by atoms with Crippen molar-refractivity contribution < 1.29 is 4.79 Å². The van der Waals surface area contributed by atoms with Gasteiger partial charge in [-0.1, -0.05) is 6.42 Å². The maximum Gasteiger partial charge on any atom is 0.223 e. The molecule has 0 unspecified atom stereocenters. The summed E-state index contributed by atoms with van der Waals surface area (Å²) in [4.78, 5) is 13.4. The first-order valence-corrected chi connectivity index (χ1v) is 5.25. The van der Waals surface area contributed by atoms with Gasteiger partial charge < -0.3 is 10.6 Å². The van der Waals surface area contributed by atoms with Crippen LogP contribution in [0, 0.1) is 5.92 Å². The van der Waals surface area contributed by atoms with Gasteiger partial charge in [-0.3, -0.25) is 4.79 Å². The summed E-state index contributed by atoms with van der Waals surface area (Å²) in [6, 6.07) is 0. The molecule has 0 heterocycles. The second-order valence-corrected chi connectivity index (χ2v) is 3.77. The monoisotopic (exact) mass is 184 g/mol. The molecule has 1 aliphatic rings. The van der Waals surface area contributed by atoms with E-state index in [2.05, 4.69) is 0 Å². The zero-order chi connectivity index (χ0) is 9.68. The number of nitrogens with two attached hydrogens (primary N) is 1. The number of hydrogen-bond acceptors (Lipinski definition) is 2. The molecule has 0 spiro atoms. The lowest BCUT2D eigenvalue weighted by Gasteiger charge is -2.31. The second-order valence-electron chi connectivity index (χ2n) is 3.77. The number of rotatable bonds is 5. The van der Waals surface area contributed by atoms with Gasteiger partial charge in [0.2, 0.25) is 5.91 Å². The summed E-state index contributed by atoms with van der Waals surface area (Å²) in [5.41, 5.74) is 5.35. The van der Waals surface area contributed by atoms with E-state index in [-0.39, 0.29) is 5.91 Å². The molecule has 0 bridgehead atoms. The third-order valence-corrected chi connectivity index (χ3v) is 2.80. The largest absolute Gasteiger partial charge is 0.343 e. The Bertz CT molecular complexity index is 166. The molecule has 0 aromatic carbocycles. The Morgan fingerprint density at radius 3 is 2.62 bits per heavy atom. The molecule has 1 fully saturated rings. The molecule has 0 aromatic heterocycles. The van der Waals surface area contributed by atoms with Crippen LogP contribution in [-0.4, -0.2) is 30.4 Å². The van der Waals surface area contributed by atoms with Gasteiger partial charge in [-0.15, -0.1) is 0 Å². The minimum absolute atomic E-state index is 0.219. The zero-order valence-corrected chi connectivity index (χ0v) is 8.46. The van der Waals surface area contributed by atoms with Crippen molar-refractivity contribution in [1.82, 2.24) is 4.90 Å².